The molecule has 2 aliphatic rings. The van der Waals surface area contributed by atoms with Gasteiger partial charge < -0.3 is 9.80 Å². The van der Waals surface area contributed by atoms with E-state index in [0.717, 1.165) is 19.5 Å². The van der Waals surface area contributed by atoms with Crippen LogP contribution >= 0.6 is 11.6 Å². The van der Waals surface area contributed by atoms with Gasteiger partial charge in [0.1, 0.15) is 5.82 Å². The fourth-order valence-corrected chi connectivity index (χ4v) is 3.00. The summed E-state index contributed by atoms with van der Waals surface area (Å²) in [6, 6.07) is 4.70. The van der Waals surface area contributed by atoms with Crippen molar-refractivity contribution in [3.63, 3.8) is 0 Å². The van der Waals surface area contributed by atoms with Gasteiger partial charge in [-0.15, -0.1) is 0 Å². The largest absolute Gasteiger partial charge is 0.339 e. The van der Waals surface area contributed by atoms with E-state index in [2.05, 4.69) is 4.90 Å². The third-order valence-electron chi connectivity index (χ3n) is 4.46. The number of piperazine rings is 1. The van der Waals surface area contributed by atoms with E-state index in [0.29, 0.717) is 43.9 Å². The smallest absolute Gasteiger partial charge is 0.316 e. The molecule has 23 heavy (non-hydrogen) atoms. The van der Waals surface area contributed by atoms with Gasteiger partial charge in [0.05, 0.1) is 0 Å². The van der Waals surface area contributed by atoms with Crippen LogP contribution in [0.4, 0.5) is 9.18 Å². The molecule has 2 aliphatic heterocycles. The van der Waals surface area contributed by atoms with Gasteiger partial charge in [-0.25, -0.2) is 4.39 Å². The van der Waals surface area contributed by atoms with Crippen molar-refractivity contribution in [3.05, 3.63) is 35.1 Å². The van der Waals surface area contributed by atoms with Crippen LogP contribution in [0.3, 0.4) is 0 Å². The van der Waals surface area contributed by atoms with Gasteiger partial charge >= 0.3 is 5.37 Å². The van der Waals surface area contributed by atoms with E-state index in [9.17, 15) is 14.0 Å². The second-order valence-electron chi connectivity index (χ2n) is 5.97. The summed E-state index contributed by atoms with van der Waals surface area (Å²) in [5.74, 6) is -0.455. The van der Waals surface area contributed by atoms with Crippen molar-refractivity contribution in [1.29, 1.82) is 0 Å². The molecule has 2 heterocycles. The van der Waals surface area contributed by atoms with Crippen molar-refractivity contribution in [2.45, 2.75) is 13.0 Å². The topological polar surface area (TPSA) is 43.9 Å². The molecule has 124 valence electrons. The van der Waals surface area contributed by atoms with Crippen LogP contribution in [0, 0.1) is 5.82 Å². The van der Waals surface area contributed by atoms with Gasteiger partial charge in [0, 0.05) is 56.9 Å². The Kier molecular flexibility index (Phi) is 4.82. The Labute approximate surface area is 139 Å². The third-order valence-corrected chi connectivity index (χ3v) is 4.70. The van der Waals surface area contributed by atoms with Crippen molar-refractivity contribution in [2.75, 3.05) is 39.3 Å². The molecule has 0 bridgehead atoms. The number of halogens is 2. The van der Waals surface area contributed by atoms with Crippen LogP contribution in [0.25, 0.3) is 0 Å². The van der Waals surface area contributed by atoms with Gasteiger partial charge in [0.25, 0.3) is 5.91 Å². The molecule has 2 fully saturated rings. The number of rotatable bonds is 3. The number of hydrogen-bond donors (Lipinski definition) is 0. The van der Waals surface area contributed by atoms with Crippen molar-refractivity contribution in [2.24, 2.45) is 0 Å². The summed E-state index contributed by atoms with van der Waals surface area (Å²) in [6.07, 6.45) is 1.02. The minimum absolute atomic E-state index is 0.101. The predicted molar refractivity (Wildman–Crippen MR) is 85.0 cm³/mol. The molecule has 1 aromatic carbocycles. The van der Waals surface area contributed by atoms with Gasteiger partial charge in [-0.2, -0.15) is 0 Å². The van der Waals surface area contributed by atoms with E-state index < -0.39 is 5.37 Å². The molecule has 0 aromatic heterocycles. The van der Waals surface area contributed by atoms with E-state index in [1.807, 2.05) is 0 Å². The Balaban J connectivity index is 1.60. The van der Waals surface area contributed by atoms with E-state index >= 15 is 0 Å². The molecule has 0 atom stereocenters. The summed E-state index contributed by atoms with van der Waals surface area (Å²) in [4.78, 5) is 28.5. The van der Waals surface area contributed by atoms with Crippen molar-refractivity contribution >= 4 is 22.9 Å². The Morgan fingerprint density at radius 1 is 1.04 bits per heavy atom. The highest BCUT2D eigenvalue weighted by Gasteiger charge is 2.23. The molecule has 3 rings (SSSR count). The predicted octanol–water partition coefficient (Wildman–Crippen LogP) is 2.15. The molecule has 5 nitrogen and oxygen atoms in total. The minimum atomic E-state index is -0.440. The second kappa shape index (κ2) is 6.84. The van der Waals surface area contributed by atoms with Crippen LogP contribution in [0.1, 0.15) is 22.3 Å². The van der Waals surface area contributed by atoms with Crippen molar-refractivity contribution in [1.82, 2.24) is 14.7 Å². The monoisotopic (exact) mass is 339 g/mol. The van der Waals surface area contributed by atoms with Gasteiger partial charge in [0.2, 0.25) is 0 Å². The molecular weight excluding hydrogens is 321 g/mol. The molecule has 2 amide bonds. The first-order valence-electron chi connectivity index (χ1n) is 7.79. The van der Waals surface area contributed by atoms with E-state index in [-0.39, 0.29) is 11.7 Å². The zero-order valence-corrected chi connectivity index (χ0v) is 13.6. The maximum atomic E-state index is 14.3. The van der Waals surface area contributed by atoms with Crippen LogP contribution in [0.5, 0.6) is 0 Å². The molecule has 0 radical (unpaired) electrons. The first-order valence-corrected chi connectivity index (χ1v) is 8.17. The van der Waals surface area contributed by atoms with Crippen molar-refractivity contribution in [3.8, 4) is 0 Å². The number of carbonyl (C=O) groups excluding carboxylic acids is 2. The number of nitrogens with zero attached hydrogens (tertiary/aromatic N) is 3. The van der Waals surface area contributed by atoms with Gasteiger partial charge in [0.15, 0.2) is 0 Å². The molecular formula is C16H19ClFN3O2. The molecule has 0 spiro atoms. The SMILES string of the molecule is O=C(Cl)N1CCN(Cc2ccc(C(=O)N3CCC3)cc2F)CC1. The summed E-state index contributed by atoms with van der Waals surface area (Å²) in [7, 11) is 0. The lowest BCUT2D eigenvalue weighted by molar-refractivity contribution is 0.0651. The van der Waals surface area contributed by atoms with Gasteiger partial charge in [-0.1, -0.05) is 6.07 Å². The van der Waals surface area contributed by atoms with Crippen molar-refractivity contribution < 1.29 is 14.0 Å². The number of carbonyl (C=O) groups is 2. The Hall–Kier alpha value is -1.66. The maximum Gasteiger partial charge on any atom is 0.316 e. The van der Waals surface area contributed by atoms with Crippen LogP contribution in [-0.4, -0.2) is 65.2 Å². The molecule has 1 aromatic rings. The average molecular weight is 340 g/mol. The summed E-state index contributed by atoms with van der Waals surface area (Å²) in [5, 5.41) is -0.440. The molecule has 0 N–H and O–H groups in total. The zero-order chi connectivity index (χ0) is 16.4. The molecule has 7 heteroatoms. The maximum absolute atomic E-state index is 14.3. The van der Waals surface area contributed by atoms with Crippen LogP contribution in [-0.2, 0) is 6.54 Å². The number of benzene rings is 1. The highest BCUT2D eigenvalue weighted by Crippen LogP contribution is 2.18. The lowest BCUT2D eigenvalue weighted by atomic mass is 10.1. The first-order chi connectivity index (χ1) is 11.0. The summed E-state index contributed by atoms with van der Waals surface area (Å²) >= 11 is 5.45. The average Bonchev–Trinajstić information content (AvgIpc) is 2.48. The molecule has 0 unspecified atom stereocenters. The Bertz CT molecular complexity index is 613. The fraction of sp³-hybridized carbons (Fsp3) is 0.500. The highest BCUT2D eigenvalue weighted by atomic mass is 35.5. The van der Waals surface area contributed by atoms with Gasteiger partial charge in [-0.3, -0.25) is 14.5 Å². The molecule has 2 saturated heterocycles. The third kappa shape index (κ3) is 3.64. The zero-order valence-electron chi connectivity index (χ0n) is 12.8. The number of amides is 2. The molecule has 0 saturated carbocycles. The molecule has 0 aliphatic carbocycles. The van der Waals surface area contributed by atoms with Crippen LogP contribution < -0.4 is 0 Å². The Morgan fingerprint density at radius 2 is 1.74 bits per heavy atom. The normalized spacial score (nSPS) is 18.7. The van der Waals surface area contributed by atoms with E-state index in [1.54, 1.807) is 21.9 Å². The lowest BCUT2D eigenvalue weighted by Crippen LogP contribution is -2.46. The van der Waals surface area contributed by atoms with Crippen LogP contribution in [0.15, 0.2) is 18.2 Å². The number of likely N-dealkylation sites (tertiary alicyclic amines) is 1. The highest BCUT2D eigenvalue weighted by molar-refractivity contribution is 6.62. The Morgan fingerprint density at radius 3 is 2.26 bits per heavy atom. The standard InChI is InChI=1S/C16H19ClFN3O2/c17-16(23)21-8-6-19(7-9-21)11-13-3-2-12(10-14(13)18)15(22)20-4-1-5-20/h2-3,10H,1,4-9,11H2. The van der Waals surface area contributed by atoms with E-state index in [1.165, 1.54) is 6.07 Å². The minimum Gasteiger partial charge on any atom is -0.339 e. The fourth-order valence-electron chi connectivity index (χ4n) is 2.83. The van der Waals surface area contributed by atoms with Gasteiger partial charge in [-0.05, 0) is 30.2 Å². The number of hydrogen-bond acceptors (Lipinski definition) is 3. The lowest BCUT2D eigenvalue weighted by Gasteiger charge is -2.33. The summed E-state index contributed by atoms with van der Waals surface area (Å²) < 4.78 is 14.3. The summed E-state index contributed by atoms with van der Waals surface area (Å²) in [5.41, 5.74) is 0.972. The quantitative estimate of drug-likeness (QED) is 0.626. The van der Waals surface area contributed by atoms with E-state index in [4.69, 9.17) is 11.6 Å². The summed E-state index contributed by atoms with van der Waals surface area (Å²) in [6.45, 7) is 4.40. The second-order valence-corrected chi connectivity index (χ2v) is 6.29. The van der Waals surface area contributed by atoms with Crippen LogP contribution in [0.2, 0.25) is 0 Å². The first kappa shape index (κ1) is 16.2.